The van der Waals surface area contributed by atoms with Crippen LogP contribution in [-0.2, 0) is 26.4 Å². The molecule has 0 bridgehead atoms. The molecule has 0 N–H and O–H groups in total. The third kappa shape index (κ3) is 6.80. The zero-order valence-corrected chi connectivity index (χ0v) is 20.3. The Kier molecular flexibility index (Phi) is 9.98. The van der Waals surface area contributed by atoms with Crippen molar-refractivity contribution in [2.24, 2.45) is 0 Å². The standard InChI is InChI=1S/C20H16Cl2F6N4O3S/c1-3-5-34-10-31(11-35-6-4-2)18-17(36(33)20(26,27)28)15(9-29)30-32(18)16-13(21)7-12(8-14(16)22)19(23,24)25/h3-4,7-8H,1-2,5-6,10-11H2. The van der Waals surface area contributed by atoms with Gasteiger partial charge in [-0.05, 0) is 12.1 Å². The van der Waals surface area contributed by atoms with Crippen molar-refractivity contribution in [2.45, 2.75) is 16.6 Å². The zero-order valence-electron chi connectivity index (χ0n) is 18.0. The lowest BCUT2D eigenvalue weighted by Gasteiger charge is -2.26. The molecule has 2 aromatic rings. The van der Waals surface area contributed by atoms with Gasteiger partial charge < -0.3 is 14.4 Å². The molecule has 0 spiro atoms. The minimum Gasteiger partial charge on any atom is -0.357 e. The summed E-state index contributed by atoms with van der Waals surface area (Å²) >= 11 is 12.1. The van der Waals surface area contributed by atoms with Crippen molar-refractivity contribution in [3.63, 3.8) is 0 Å². The summed E-state index contributed by atoms with van der Waals surface area (Å²) in [5, 5.41) is 11.9. The van der Waals surface area contributed by atoms with Gasteiger partial charge in [-0.15, -0.1) is 13.2 Å². The van der Waals surface area contributed by atoms with E-state index in [9.17, 15) is 35.8 Å². The number of nitrogens with zero attached hydrogens (tertiary/aromatic N) is 4. The summed E-state index contributed by atoms with van der Waals surface area (Å²) in [6.45, 7) is 5.74. The minimum absolute atomic E-state index is 0.0727. The fraction of sp³-hybridized carbons (Fsp3) is 0.300. The highest BCUT2D eigenvalue weighted by atomic mass is 35.5. The minimum atomic E-state index is -5.34. The number of hydrogen-bond donors (Lipinski definition) is 0. The van der Waals surface area contributed by atoms with Crippen molar-refractivity contribution in [1.82, 2.24) is 9.78 Å². The second-order valence-electron chi connectivity index (χ2n) is 6.64. The van der Waals surface area contributed by atoms with Gasteiger partial charge in [-0.1, -0.05) is 35.4 Å². The molecule has 1 atom stereocenters. The van der Waals surface area contributed by atoms with Crippen LogP contribution < -0.4 is 4.90 Å². The van der Waals surface area contributed by atoms with E-state index in [2.05, 4.69) is 18.3 Å². The Hall–Kier alpha value is -2.57. The van der Waals surface area contributed by atoms with E-state index in [0.29, 0.717) is 16.8 Å². The number of anilines is 1. The lowest BCUT2D eigenvalue weighted by molar-refractivity contribution is -0.137. The summed E-state index contributed by atoms with van der Waals surface area (Å²) in [5.41, 5.74) is -8.02. The third-order valence-corrected chi connectivity index (χ3v) is 5.88. The van der Waals surface area contributed by atoms with Gasteiger partial charge >= 0.3 is 11.7 Å². The Bertz CT molecular complexity index is 1160. The first-order valence-electron chi connectivity index (χ1n) is 9.48. The van der Waals surface area contributed by atoms with Crippen LogP contribution in [0.5, 0.6) is 0 Å². The van der Waals surface area contributed by atoms with Crippen molar-refractivity contribution >= 4 is 39.8 Å². The molecule has 0 aliphatic heterocycles. The highest BCUT2D eigenvalue weighted by molar-refractivity contribution is 7.86. The van der Waals surface area contributed by atoms with Crippen molar-refractivity contribution in [3.05, 3.63) is 58.7 Å². The average molecular weight is 577 g/mol. The molecule has 0 fully saturated rings. The first-order valence-corrected chi connectivity index (χ1v) is 11.4. The normalized spacial score (nSPS) is 12.8. The van der Waals surface area contributed by atoms with Crippen LogP contribution in [0.2, 0.25) is 10.0 Å². The van der Waals surface area contributed by atoms with E-state index < -0.39 is 73.6 Å². The molecule has 16 heteroatoms. The molecule has 0 saturated heterocycles. The monoisotopic (exact) mass is 576 g/mol. The molecule has 7 nitrogen and oxygen atoms in total. The van der Waals surface area contributed by atoms with Gasteiger partial charge in [0.2, 0.25) is 0 Å². The van der Waals surface area contributed by atoms with Gasteiger partial charge in [0.1, 0.15) is 30.1 Å². The third-order valence-electron chi connectivity index (χ3n) is 4.14. The fourth-order valence-electron chi connectivity index (χ4n) is 2.77. The van der Waals surface area contributed by atoms with Gasteiger partial charge in [-0.3, -0.25) is 0 Å². The maximum Gasteiger partial charge on any atom is 0.476 e. The van der Waals surface area contributed by atoms with Gasteiger partial charge in [0.15, 0.2) is 22.3 Å². The van der Waals surface area contributed by atoms with Crippen molar-refractivity contribution < 1.29 is 40.0 Å². The molecule has 2 rings (SSSR count). The van der Waals surface area contributed by atoms with Gasteiger partial charge in [-0.25, -0.2) is 8.89 Å². The van der Waals surface area contributed by atoms with Crippen LogP contribution in [0.1, 0.15) is 11.3 Å². The number of alkyl halides is 6. The summed E-state index contributed by atoms with van der Waals surface area (Å²) in [7, 11) is -3.81. The molecule has 1 aromatic heterocycles. The zero-order chi connectivity index (χ0) is 27.3. The Morgan fingerprint density at radius 2 is 1.58 bits per heavy atom. The fourth-order valence-corrected chi connectivity index (χ4v) is 4.29. The van der Waals surface area contributed by atoms with Crippen LogP contribution in [0.25, 0.3) is 5.69 Å². The lowest BCUT2D eigenvalue weighted by Crippen LogP contribution is -2.33. The number of aromatic nitrogens is 2. The number of nitriles is 1. The second kappa shape index (κ2) is 12.1. The van der Waals surface area contributed by atoms with Crippen LogP contribution in [0, 0.1) is 11.3 Å². The first-order chi connectivity index (χ1) is 16.8. The first kappa shape index (κ1) is 29.7. The van der Waals surface area contributed by atoms with Gasteiger partial charge in [-0.2, -0.15) is 36.7 Å². The Labute approximate surface area is 213 Å². The highest BCUT2D eigenvalue weighted by Gasteiger charge is 2.44. The van der Waals surface area contributed by atoms with Crippen LogP contribution in [0.15, 0.2) is 42.3 Å². The Morgan fingerprint density at radius 3 is 1.97 bits per heavy atom. The van der Waals surface area contributed by atoms with Crippen LogP contribution in [0.4, 0.5) is 32.2 Å². The quantitative estimate of drug-likeness (QED) is 0.145. The highest BCUT2D eigenvalue weighted by Crippen LogP contribution is 2.42. The second-order valence-corrected chi connectivity index (χ2v) is 8.87. The van der Waals surface area contributed by atoms with Gasteiger partial charge in [0.05, 0.1) is 28.8 Å². The topological polar surface area (TPSA) is 80.4 Å². The molecular formula is C20H16Cl2F6N4O3S. The van der Waals surface area contributed by atoms with E-state index in [4.69, 9.17) is 32.7 Å². The molecule has 1 aromatic carbocycles. The molecule has 1 heterocycles. The molecule has 0 saturated carbocycles. The molecule has 1 unspecified atom stereocenters. The van der Waals surface area contributed by atoms with Crippen LogP contribution in [0.3, 0.4) is 0 Å². The van der Waals surface area contributed by atoms with Crippen LogP contribution >= 0.6 is 23.2 Å². The Balaban J connectivity index is 2.90. The molecule has 196 valence electrons. The number of benzene rings is 1. The van der Waals surface area contributed by atoms with Crippen molar-refractivity contribution in [3.8, 4) is 11.8 Å². The predicted molar refractivity (Wildman–Crippen MR) is 120 cm³/mol. The largest absolute Gasteiger partial charge is 0.476 e. The van der Waals surface area contributed by atoms with Crippen molar-refractivity contribution in [1.29, 1.82) is 5.26 Å². The molecule has 0 amide bonds. The Morgan fingerprint density at radius 1 is 1.08 bits per heavy atom. The molecular weight excluding hydrogens is 561 g/mol. The maximum absolute atomic E-state index is 13.5. The SMILES string of the molecule is C=CCOCN(COCC=C)c1c(S(=O)C(F)(F)F)c(C#N)nn1-c1c(Cl)cc(C(F)(F)F)cc1Cl. The van der Waals surface area contributed by atoms with E-state index in [1.165, 1.54) is 18.2 Å². The molecule has 0 aliphatic carbocycles. The van der Waals surface area contributed by atoms with Crippen LogP contribution in [-0.4, -0.2) is 46.2 Å². The number of halogens is 8. The predicted octanol–water partition coefficient (Wildman–Crippen LogP) is 5.82. The average Bonchev–Trinajstić information content (AvgIpc) is 3.14. The van der Waals surface area contributed by atoms with E-state index in [1.54, 1.807) is 0 Å². The van der Waals surface area contributed by atoms with Crippen molar-refractivity contribution in [2.75, 3.05) is 31.6 Å². The number of hydrogen-bond acceptors (Lipinski definition) is 6. The van der Waals surface area contributed by atoms with Gasteiger partial charge in [0, 0.05) is 0 Å². The number of ether oxygens (including phenoxy) is 2. The molecule has 36 heavy (non-hydrogen) atoms. The smallest absolute Gasteiger partial charge is 0.357 e. The molecule has 0 aliphatic rings. The summed E-state index contributed by atoms with van der Waals surface area (Å²) in [4.78, 5) is -0.120. The van der Waals surface area contributed by atoms with E-state index in [1.807, 2.05) is 0 Å². The van der Waals surface area contributed by atoms with E-state index in [0.717, 1.165) is 4.90 Å². The van der Waals surface area contributed by atoms with E-state index >= 15 is 0 Å². The summed E-state index contributed by atoms with van der Waals surface area (Å²) in [5.74, 6) is -0.654. The summed E-state index contributed by atoms with van der Waals surface area (Å²) in [6.07, 6.45) is -2.18. The number of rotatable bonds is 11. The maximum atomic E-state index is 13.5. The molecule has 0 radical (unpaired) electrons. The van der Waals surface area contributed by atoms with Gasteiger partial charge in [0.25, 0.3) is 0 Å². The summed E-state index contributed by atoms with van der Waals surface area (Å²) < 4.78 is 104. The lowest BCUT2D eigenvalue weighted by atomic mass is 10.2. The van der Waals surface area contributed by atoms with E-state index in [-0.39, 0.29) is 13.2 Å². The summed E-state index contributed by atoms with van der Waals surface area (Å²) in [6, 6.07) is 2.37.